The molecule has 0 spiro atoms. The minimum atomic E-state index is -0.157. The topological polar surface area (TPSA) is 46.2 Å². The average molecular weight is 360 g/mol. The summed E-state index contributed by atoms with van der Waals surface area (Å²) >= 11 is 3.35. The largest absolute Gasteiger partial charge is 0.326 e. The maximum absolute atomic E-state index is 12.1. The predicted molar refractivity (Wildman–Crippen MR) is 92.3 cm³/mol. The Hall–Kier alpha value is -1.94. The molecular formula is C18H18BrNO2. The zero-order chi connectivity index (χ0) is 16.1. The van der Waals surface area contributed by atoms with Crippen LogP contribution in [-0.2, 0) is 4.79 Å². The van der Waals surface area contributed by atoms with Gasteiger partial charge in [-0.3, -0.25) is 9.59 Å². The second kappa shape index (κ2) is 7.36. The molecule has 22 heavy (non-hydrogen) atoms. The molecule has 2 aromatic carbocycles. The number of halogens is 1. The number of Topliss-reactive ketones (excluding diaryl/α,β-unsaturated/α-hetero) is 1. The molecule has 114 valence electrons. The molecule has 0 fully saturated rings. The van der Waals surface area contributed by atoms with Crippen molar-refractivity contribution in [3.05, 3.63) is 63.6 Å². The summed E-state index contributed by atoms with van der Waals surface area (Å²) in [7, 11) is 0. The maximum atomic E-state index is 12.1. The molecule has 1 amide bonds. The van der Waals surface area contributed by atoms with Crippen molar-refractivity contribution >= 4 is 33.3 Å². The van der Waals surface area contributed by atoms with Crippen molar-refractivity contribution in [3.8, 4) is 0 Å². The first-order valence-electron chi connectivity index (χ1n) is 7.11. The van der Waals surface area contributed by atoms with Crippen LogP contribution in [0.3, 0.4) is 0 Å². The van der Waals surface area contributed by atoms with Crippen LogP contribution in [0.25, 0.3) is 0 Å². The molecule has 0 aliphatic heterocycles. The molecule has 0 aromatic heterocycles. The van der Waals surface area contributed by atoms with Crippen LogP contribution in [0.2, 0.25) is 0 Å². The van der Waals surface area contributed by atoms with Crippen molar-refractivity contribution in [3.63, 3.8) is 0 Å². The van der Waals surface area contributed by atoms with Crippen molar-refractivity contribution < 1.29 is 9.59 Å². The summed E-state index contributed by atoms with van der Waals surface area (Å²) in [6, 6.07) is 13.0. The van der Waals surface area contributed by atoms with Gasteiger partial charge >= 0.3 is 0 Å². The molecule has 0 aliphatic rings. The Balaban J connectivity index is 1.90. The lowest BCUT2D eigenvalue weighted by molar-refractivity contribution is -0.116. The minimum absolute atomic E-state index is 0.00695. The summed E-state index contributed by atoms with van der Waals surface area (Å²) in [6.07, 6.45) is 0.389. The van der Waals surface area contributed by atoms with Gasteiger partial charge in [-0.15, -0.1) is 0 Å². The molecule has 0 unspecified atom stereocenters. The Kier molecular flexibility index (Phi) is 5.50. The van der Waals surface area contributed by atoms with Crippen LogP contribution in [0.15, 0.2) is 46.9 Å². The number of carbonyl (C=O) groups excluding carboxylic acids is 2. The monoisotopic (exact) mass is 359 g/mol. The predicted octanol–water partition coefficient (Wildman–Crippen LogP) is 4.67. The quantitative estimate of drug-likeness (QED) is 0.788. The first kappa shape index (κ1) is 16.4. The molecule has 0 radical (unpaired) electrons. The number of amides is 1. The highest BCUT2D eigenvalue weighted by Crippen LogP contribution is 2.16. The smallest absolute Gasteiger partial charge is 0.224 e. The highest BCUT2D eigenvalue weighted by molar-refractivity contribution is 9.10. The molecule has 1 N–H and O–H groups in total. The van der Waals surface area contributed by atoms with Crippen LogP contribution in [0.1, 0.15) is 34.3 Å². The molecule has 0 bridgehead atoms. The molecule has 0 saturated heterocycles. The molecular weight excluding hydrogens is 342 g/mol. The highest BCUT2D eigenvalue weighted by Gasteiger charge is 2.10. The standard InChI is InChI=1S/C18H18BrNO2/c1-12-6-7-14(10-13(12)2)17(21)8-9-18(22)20-16-5-3-4-15(19)11-16/h3-7,10-11H,8-9H2,1-2H3,(H,20,22). The van der Waals surface area contributed by atoms with E-state index >= 15 is 0 Å². The summed E-state index contributed by atoms with van der Waals surface area (Å²) in [5, 5.41) is 2.79. The molecule has 0 atom stereocenters. The first-order valence-corrected chi connectivity index (χ1v) is 7.91. The second-order valence-electron chi connectivity index (χ2n) is 5.28. The minimum Gasteiger partial charge on any atom is -0.326 e. The van der Waals surface area contributed by atoms with E-state index in [-0.39, 0.29) is 24.5 Å². The lowest BCUT2D eigenvalue weighted by Gasteiger charge is -2.06. The Morgan fingerprint density at radius 2 is 1.77 bits per heavy atom. The highest BCUT2D eigenvalue weighted by atomic mass is 79.9. The van der Waals surface area contributed by atoms with Gasteiger partial charge in [0.1, 0.15) is 0 Å². The fourth-order valence-electron chi connectivity index (χ4n) is 2.08. The van der Waals surface area contributed by atoms with Crippen molar-refractivity contribution in [1.29, 1.82) is 0 Å². The molecule has 4 heteroatoms. The normalized spacial score (nSPS) is 10.3. The van der Waals surface area contributed by atoms with E-state index in [1.54, 1.807) is 0 Å². The number of benzene rings is 2. The number of hydrogen-bond donors (Lipinski definition) is 1. The van der Waals surface area contributed by atoms with Gasteiger partial charge in [-0.2, -0.15) is 0 Å². The van der Waals surface area contributed by atoms with Gasteiger partial charge in [-0.05, 0) is 49.2 Å². The van der Waals surface area contributed by atoms with E-state index in [4.69, 9.17) is 0 Å². The van der Waals surface area contributed by atoms with Crippen LogP contribution in [-0.4, -0.2) is 11.7 Å². The van der Waals surface area contributed by atoms with E-state index in [9.17, 15) is 9.59 Å². The molecule has 2 aromatic rings. The maximum Gasteiger partial charge on any atom is 0.224 e. The molecule has 0 aliphatic carbocycles. The summed E-state index contributed by atoms with van der Waals surface area (Å²) in [5.74, 6) is -0.164. The van der Waals surface area contributed by atoms with E-state index in [1.807, 2.05) is 56.3 Å². The van der Waals surface area contributed by atoms with E-state index in [1.165, 1.54) is 0 Å². The summed E-state index contributed by atoms with van der Waals surface area (Å²) < 4.78 is 0.900. The van der Waals surface area contributed by atoms with Crippen LogP contribution < -0.4 is 5.32 Å². The van der Waals surface area contributed by atoms with E-state index in [0.29, 0.717) is 5.56 Å². The summed E-state index contributed by atoms with van der Waals surface area (Å²) in [4.78, 5) is 24.0. The number of rotatable bonds is 5. The van der Waals surface area contributed by atoms with Gasteiger partial charge in [0, 0.05) is 28.6 Å². The SMILES string of the molecule is Cc1ccc(C(=O)CCC(=O)Nc2cccc(Br)c2)cc1C. The zero-order valence-electron chi connectivity index (χ0n) is 12.7. The average Bonchev–Trinajstić information content (AvgIpc) is 2.47. The first-order chi connectivity index (χ1) is 10.5. The Bertz CT molecular complexity index is 710. The Morgan fingerprint density at radius 3 is 2.45 bits per heavy atom. The zero-order valence-corrected chi connectivity index (χ0v) is 14.2. The van der Waals surface area contributed by atoms with Crippen molar-refractivity contribution in [2.45, 2.75) is 26.7 Å². The van der Waals surface area contributed by atoms with Gasteiger partial charge < -0.3 is 5.32 Å². The Morgan fingerprint density at radius 1 is 1.00 bits per heavy atom. The van der Waals surface area contributed by atoms with Crippen molar-refractivity contribution in [1.82, 2.24) is 0 Å². The lowest BCUT2D eigenvalue weighted by atomic mass is 10.0. The van der Waals surface area contributed by atoms with Gasteiger partial charge in [-0.1, -0.05) is 34.1 Å². The lowest BCUT2D eigenvalue weighted by Crippen LogP contribution is -2.13. The van der Waals surface area contributed by atoms with Crippen LogP contribution in [0.5, 0.6) is 0 Å². The van der Waals surface area contributed by atoms with Crippen LogP contribution >= 0.6 is 15.9 Å². The third-order valence-electron chi connectivity index (χ3n) is 3.52. The summed E-state index contributed by atoms with van der Waals surface area (Å²) in [6.45, 7) is 3.99. The number of nitrogens with one attached hydrogen (secondary N) is 1. The third-order valence-corrected chi connectivity index (χ3v) is 4.01. The number of aryl methyl sites for hydroxylation is 2. The molecule has 0 heterocycles. The third kappa shape index (κ3) is 4.53. The van der Waals surface area contributed by atoms with Gasteiger partial charge in [-0.25, -0.2) is 0 Å². The molecule has 0 saturated carbocycles. The van der Waals surface area contributed by atoms with Gasteiger partial charge in [0.05, 0.1) is 0 Å². The van der Waals surface area contributed by atoms with Crippen LogP contribution in [0.4, 0.5) is 5.69 Å². The number of carbonyl (C=O) groups is 2. The fourth-order valence-corrected chi connectivity index (χ4v) is 2.48. The Labute approximate surface area is 138 Å². The molecule has 3 nitrogen and oxygen atoms in total. The van der Waals surface area contributed by atoms with Crippen molar-refractivity contribution in [2.75, 3.05) is 5.32 Å². The van der Waals surface area contributed by atoms with Crippen molar-refractivity contribution in [2.24, 2.45) is 0 Å². The van der Waals surface area contributed by atoms with Gasteiger partial charge in [0.2, 0.25) is 5.91 Å². The van der Waals surface area contributed by atoms with E-state index in [0.717, 1.165) is 21.3 Å². The molecule has 2 rings (SSSR count). The van der Waals surface area contributed by atoms with E-state index in [2.05, 4.69) is 21.2 Å². The number of ketones is 1. The van der Waals surface area contributed by atoms with Gasteiger partial charge in [0.15, 0.2) is 5.78 Å². The number of anilines is 1. The number of hydrogen-bond acceptors (Lipinski definition) is 2. The van der Waals surface area contributed by atoms with Gasteiger partial charge in [0.25, 0.3) is 0 Å². The second-order valence-corrected chi connectivity index (χ2v) is 6.20. The fraction of sp³-hybridized carbons (Fsp3) is 0.222. The van der Waals surface area contributed by atoms with E-state index < -0.39 is 0 Å². The summed E-state index contributed by atoms with van der Waals surface area (Å²) in [5.41, 5.74) is 3.63. The van der Waals surface area contributed by atoms with Crippen LogP contribution in [0, 0.1) is 13.8 Å².